The summed E-state index contributed by atoms with van der Waals surface area (Å²) in [6, 6.07) is 4.45. The minimum absolute atomic E-state index is 0.00847. The number of H-pyrrole nitrogens is 1. The highest BCUT2D eigenvalue weighted by Gasteiger charge is 2.05. The summed E-state index contributed by atoms with van der Waals surface area (Å²) in [5.74, 6) is 5.18. The Morgan fingerprint density at radius 2 is 2.32 bits per heavy atom. The largest absolute Gasteiger partial charge is 0.395 e. The molecule has 0 atom stereocenters. The van der Waals surface area contributed by atoms with Crippen molar-refractivity contribution in [3.05, 3.63) is 52.0 Å². The molecular weight excluding hydrogens is 249 g/mol. The number of rotatable bonds is 3. The minimum atomic E-state index is -0.402. The maximum atomic E-state index is 13.6. The van der Waals surface area contributed by atoms with Crippen LogP contribution in [-0.4, -0.2) is 26.5 Å². The molecule has 19 heavy (non-hydrogen) atoms. The van der Waals surface area contributed by atoms with Gasteiger partial charge in [-0.2, -0.15) is 5.10 Å². The molecule has 2 rings (SSSR count). The first-order chi connectivity index (χ1) is 9.20. The van der Waals surface area contributed by atoms with Crippen LogP contribution >= 0.6 is 0 Å². The fourth-order valence-electron chi connectivity index (χ4n) is 1.56. The Morgan fingerprint density at radius 1 is 1.47 bits per heavy atom. The van der Waals surface area contributed by atoms with Gasteiger partial charge in [-0.25, -0.2) is 14.3 Å². The lowest BCUT2D eigenvalue weighted by atomic mass is 10.1. The summed E-state index contributed by atoms with van der Waals surface area (Å²) < 4.78 is 14.9. The van der Waals surface area contributed by atoms with E-state index in [0.29, 0.717) is 17.5 Å². The normalized spacial score (nSPS) is 10.0. The molecule has 0 unspecified atom stereocenters. The molecule has 2 aromatic rings. The Bertz CT molecular complexity index is 679. The molecule has 6 heteroatoms. The Balaban J connectivity index is 2.25. The van der Waals surface area contributed by atoms with Crippen LogP contribution in [-0.2, 0) is 6.54 Å². The molecule has 0 aliphatic carbocycles. The van der Waals surface area contributed by atoms with E-state index in [1.807, 2.05) is 0 Å². The SMILES string of the molecule is O=c1[nH]ncn1Cc1cc(C#CCCO)ccc1F. The van der Waals surface area contributed by atoms with Gasteiger partial charge in [0.05, 0.1) is 13.2 Å². The highest BCUT2D eigenvalue weighted by Crippen LogP contribution is 2.11. The van der Waals surface area contributed by atoms with E-state index < -0.39 is 11.5 Å². The zero-order valence-electron chi connectivity index (χ0n) is 10.1. The van der Waals surface area contributed by atoms with Gasteiger partial charge in [0.15, 0.2) is 0 Å². The minimum Gasteiger partial charge on any atom is -0.395 e. The van der Waals surface area contributed by atoms with Crippen molar-refractivity contribution in [2.24, 2.45) is 0 Å². The molecule has 0 aliphatic heterocycles. The lowest BCUT2D eigenvalue weighted by Crippen LogP contribution is -2.17. The van der Waals surface area contributed by atoms with Gasteiger partial charge < -0.3 is 5.11 Å². The molecule has 0 amide bonds. The van der Waals surface area contributed by atoms with E-state index in [4.69, 9.17) is 5.11 Å². The van der Waals surface area contributed by atoms with E-state index in [1.165, 1.54) is 17.0 Å². The molecule has 5 nitrogen and oxygen atoms in total. The Hall–Kier alpha value is -2.39. The molecule has 0 bridgehead atoms. The van der Waals surface area contributed by atoms with Gasteiger partial charge in [-0.3, -0.25) is 4.57 Å². The van der Waals surface area contributed by atoms with Crippen molar-refractivity contribution in [1.82, 2.24) is 14.8 Å². The van der Waals surface area contributed by atoms with E-state index in [-0.39, 0.29) is 13.2 Å². The third-order valence-electron chi connectivity index (χ3n) is 2.47. The second-order valence-corrected chi connectivity index (χ2v) is 3.87. The highest BCUT2D eigenvalue weighted by molar-refractivity contribution is 5.37. The van der Waals surface area contributed by atoms with Crippen LogP contribution in [0.1, 0.15) is 17.5 Å². The number of aliphatic hydroxyl groups is 1. The van der Waals surface area contributed by atoms with Crippen LogP contribution in [0.3, 0.4) is 0 Å². The van der Waals surface area contributed by atoms with Crippen LogP contribution in [0.5, 0.6) is 0 Å². The Kier molecular flexibility index (Phi) is 4.11. The molecule has 98 valence electrons. The molecule has 0 saturated carbocycles. The summed E-state index contributed by atoms with van der Waals surface area (Å²) in [6.07, 6.45) is 1.68. The van der Waals surface area contributed by atoms with Crippen molar-refractivity contribution < 1.29 is 9.50 Å². The second-order valence-electron chi connectivity index (χ2n) is 3.87. The topological polar surface area (TPSA) is 70.9 Å². The molecular formula is C13H12FN3O2. The van der Waals surface area contributed by atoms with Gasteiger partial charge in [-0.1, -0.05) is 11.8 Å². The fraction of sp³-hybridized carbons (Fsp3) is 0.231. The smallest absolute Gasteiger partial charge is 0.343 e. The summed E-state index contributed by atoms with van der Waals surface area (Å²) >= 11 is 0. The van der Waals surface area contributed by atoms with Crippen molar-refractivity contribution in [2.45, 2.75) is 13.0 Å². The van der Waals surface area contributed by atoms with Crippen LogP contribution in [0, 0.1) is 17.7 Å². The lowest BCUT2D eigenvalue weighted by Gasteiger charge is -2.03. The van der Waals surface area contributed by atoms with E-state index >= 15 is 0 Å². The second kappa shape index (κ2) is 5.98. The predicted octanol–water partition coefficient (Wildman–Crippen LogP) is 0.493. The van der Waals surface area contributed by atoms with E-state index in [0.717, 1.165) is 0 Å². The number of hydrogen-bond acceptors (Lipinski definition) is 3. The van der Waals surface area contributed by atoms with Crippen molar-refractivity contribution in [3.63, 3.8) is 0 Å². The van der Waals surface area contributed by atoms with E-state index in [1.54, 1.807) is 12.1 Å². The average molecular weight is 261 g/mol. The molecule has 2 N–H and O–H groups in total. The zero-order chi connectivity index (χ0) is 13.7. The van der Waals surface area contributed by atoms with Gasteiger partial charge in [0.2, 0.25) is 0 Å². The van der Waals surface area contributed by atoms with Crippen LogP contribution in [0.4, 0.5) is 4.39 Å². The number of nitrogens with zero attached hydrogens (tertiary/aromatic N) is 2. The summed E-state index contributed by atoms with van der Waals surface area (Å²) in [4.78, 5) is 11.3. The van der Waals surface area contributed by atoms with Gasteiger partial charge in [0.25, 0.3) is 0 Å². The maximum Gasteiger partial charge on any atom is 0.343 e. The Morgan fingerprint density at radius 3 is 3.00 bits per heavy atom. The third kappa shape index (κ3) is 3.30. The number of aliphatic hydroxyl groups excluding tert-OH is 1. The van der Waals surface area contributed by atoms with Crippen molar-refractivity contribution >= 4 is 0 Å². The molecule has 0 spiro atoms. The lowest BCUT2D eigenvalue weighted by molar-refractivity contribution is 0.305. The first-order valence-electron chi connectivity index (χ1n) is 5.68. The van der Waals surface area contributed by atoms with E-state index in [2.05, 4.69) is 22.0 Å². The predicted molar refractivity (Wildman–Crippen MR) is 66.9 cm³/mol. The van der Waals surface area contributed by atoms with Gasteiger partial charge in [0, 0.05) is 17.5 Å². The Labute approximate surface area is 108 Å². The molecule has 1 heterocycles. The van der Waals surface area contributed by atoms with Gasteiger partial charge >= 0.3 is 5.69 Å². The molecule has 1 aromatic heterocycles. The molecule has 0 radical (unpaired) electrons. The van der Waals surface area contributed by atoms with Crippen molar-refractivity contribution in [2.75, 3.05) is 6.61 Å². The quantitative estimate of drug-likeness (QED) is 0.790. The van der Waals surface area contributed by atoms with Crippen LogP contribution in [0.15, 0.2) is 29.3 Å². The molecule has 1 aromatic carbocycles. The molecule has 0 saturated heterocycles. The van der Waals surface area contributed by atoms with Gasteiger partial charge in [0.1, 0.15) is 12.1 Å². The van der Waals surface area contributed by atoms with E-state index in [9.17, 15) is 9.18 Å². The maximum absolute atomic E-state index is 13.6. The average Bonchev–Trinajstić information content (AvgIpc) is 2.79. The number of hydrogen-bond donors (Lipinski definition) is 2. The fourth-order valence-corrected chi connectivity index (χ4v) is 1.56. The zero-order valence-corrected chi connectivity index (χ0v) is 10.1. The number of nitrogens with one attached hydrogen (secondary N) is 1. The summed E-state index contributed by atoms with van der Waals surface area (Å²) in [5.41, 5.74) is 0.608. The first kappa shape index (κ1) is 13.1. The van der Waals surface area contributed by atoms with Crippen molar-refractivity contribution in [1.29, 1.82) is 0 Å². The van der Waals surface area contributed by atoms with Crippen LogP contribution in [0.25, 0.3) is 0 Å². The molecule has 0 aliphatic rings. The van der Waals surface area contributed by atoms with Crippen molar-refractivity contribution in [3.8, 4) is 11.8 Å². The summed E-state index contributed by atoms with van der Waals surface area (Å²) in [6.45, 7) is 0.0855. The number of benzene rings is 1. The standard InChI is InChI=1S/C13H12FN3O2/c14-12-5-4-10(3-1-2-6-18)7-11(12)8-17-9-15-16-13(17)19/h4-5,7,9,18H,2,6,8H2,(H,16,19). The third-order valence-corrected chi connectivity index (χ3v) is 2.47. The summed E-state index contributed by atoms with van der Waals surface area (Å²) in [7, 11) is 0. The monoisotopic (exact) mass is 261 g/mol. The number of halogens is 1. The van der Waals surface area contributed by atoms with Crippen LogP contribution < -0.4 is 5.69 Å². The van der Waals surface area contributed by atoms with Gasteiger partial charge in [-0.05, 0) is 18.2 Å². The number of aromatic amines is 1. The molecule has 0 fully saturated rings. The first-order valence-corrected chi connectivity index (χ1v) is 5.68. The van der Waals surface area contributed by atoms with Crippen LogP contribution in [0.2, 0.25) is 0 Å². The number of aromatic nitrogens is 3. The summed E-state index contributed by atoms with van der Waals surface area (Å²) in [5, 5.41) is 14.5. The highest BCUT2D eigenvalue weighted by atomic mass is 19.1. The van der Waals surface area contributed by atoms with Gasteiger partial charge in [-0.15, -0.1) is 0 Å².